The van der Waals surface area contributed by atoms with Crippen LogP contribution in [0.2, 0.25) is 0 Å². The van der Waals surface area contributed by atoms with Gasteiger partial charge in [-0.1, -0.05) is 19.1 Å². The average Bonchev–Trinajstić information content (AvgIpc) is 2.60. The van der Waals surface area contributed by atoms with Crippen molar-refractivity contribution in [2.24, 2.45) is 0 Å². The summed E-state index contributed by atoms with van der Waals surface area (Å²) >= 11 is 0. The lowest BCUT2D eigenvalue weighted by molar-refractivity contribution is -0.127. The van der Waals surface area contributed by atoms with Crippen LogP contribution in [0.15, 0.2) is 24.3 Å². The van der Waals surface area contributed by atoms with Crippen LogP contribution in [-0.2, 0) is 16.1 Å². The second kappa shape index (κ2) is 8.18. The molecule has 26 heavy (non-hydrogen) atoms. The summed E-state index contributed by atoms with van der Waals surface area (Å²) in [6, 6.07) is 7.42. The smallest absolute Gasteiger partial charge is 0.254 e. The van der Waals surface area contributed by atoms with Gasteiger partial charge >= 0.3 is 0 Å². The highest BCUT2D eigenvalue weighted by Gasteiger charge is 2.32. The third-order valence-electron chi connectivity index (χ3n) is 5.08. The Morgan fingerprint density at radius 2 is 1.85 bits per heavy atom. The minimum Gasteiger partial charge on any atom is -0.373 e. The van der Waals surface area contributed by atoms with E-state index in [0.717, 1.165) is 19.6 Å². The van der Waals surface area contributed by atoms with E-state index in [1.54, 1.807) is 4.90 Å². The van der Waals surface area contributed by atoms with E-state index >= 15 is 0 Å². The zero-order valence-electron chi connectivity index (χ0n) is 15.9. The Labute approximate surface area is 155 Å². The fraction of sp³-hybridized carbons (Fsp3) is 0.600. The molecule has 3 rings (SSSR count). The maximum Gasteiger partial charge on any atom is 0.254 e. The highest BCUT2D eigenvalue weighted by atomic mass is 16.5. The molecule has 1 aromatic rings. The van der Waals surface area contributed by atoms with E-state index in [-0.39, 0.29) is 30.1 Å². The molecule has 3 atom stereocenters. The summed E-state index contributed by atoms with van der Waals surface area (Å²) in [5.74, 6) is -0.119. The lowest BCUT2D eigenvalue weighted by atomic mass is 10.1. The number of amides is 2. The third-order valence-corrected chi connectivity index (χ3v) is 5.08. The molecule has 2 aliphatic rings. The van der Waals surface area contributed by atoms with Crippen LogP contribution in [0.5, 0.6) is 0 Å². The molecule has 0 aliphatic carbocycles. The molecule has 0 spiro atoms. The fourth-order valence-electron chi connectivity index (χ4n) is 3.95. The predicted molar refractivity (Wildman–Crippen MR) is 99.9 cm³/mol. The van der Waals surface area contributed by atoms with Crippen LogP contribution in [-0.4, -0.2) is 66.0 Å². The number of benzene rings is 1. The van der Waals surface area contributed by atoms with Gasteiger partial charge in [-0.3, -0.25) is 14.5 Å². The molecule has 6 heteroatoms. The van der Waals surface area contributed by atoms with E-state index in [2.05, 4.69) is 24.1 Å². The first-order valence-corrected chi connectivity index (χ1v) is 9.53. The van der Waals surface area contributed by atoms with E-state index in [1.165, 1.54) is 5.56 Å². The first-order valence-electron chi connectivity index (χ1n) is 9.53. The molecule has 1 N–H and O–H groups in total. The van der Waals surface area contributed by atoms with Crippen molar-refractivity contribution in [3.8, 4) is 0 Å². The second-order valence-corrected chi connectivity index (χ2v) is 7.36. The van der Waals surface area contributed by atoms with Crippen LogP contribution in [0.3, 0.4) is 0 Å². The molecule has 0 bridgehead atoms. The number of carbonyl (C=O) groups excluding carboxylic acids is 2. The number of hydrogen-bond acceptors (Lipinski definition) is 4. The molecule has 3 unspecified atom stereocenters. The lowest BCUT2D eigenvalue weighted by Crippen LogP contribution is -2.56. The molecular weight excluding hydrogens is 330 g/mol. The lowest BCUT2D eigenvalue weighted by Gasteiger charge is -2.35. The predicted octanol–water partition coefficient (Wildman–Crippen LogP) is 1.65. The molecule has 0 radical (unpaired) electrons. The van der Waals surface area contributed by atoms with Crippen molar-refractivity contribution >= 4 is 11.8 Å². The van der Waals surface area contributed by atoms with Crippen LogP contribution < -0.4 is 5.32 Å². The zero-order chi connectivity index (χ0) is 18.7. The first-order chi connectivity index (χ1) is 12.5. The van der Waals surface area contributed by atoms with E-state index in [9.17, 15) is 9.59 Å². The molecule has 1 aromatic carbocycles. The minimum atomic E-state index is -0.368. The van der Waals surface area contributed by atoms with Crippen molar-refractivity contribution < 1.29 is 14.3 Å². The zero-order valence-corrected chi connectivity index (χ0v) is 15.9. The summed E-state index contributed by atoms with van der Waals surface area (Å²) in [6.07, 6.45) is 1.12. The van der Waals surface area contributed by atoms with Gasteiger partial charge in [-0.05, 0) is 38.0 Å². The van der Waals surface area contributed by atoms with Gasteiger partial charge in [0.25, 0.3) is 5.91 Å². The molecule has 6 nitrogen and oxygen atoms in total. The molecular formula is C20H29N3O3. The first kappa shape index (κ1) is 18.9. The summed E-state index contributed by atoms with van der Waals surface area (Å²) < 4.78 is 5.78. The number of hydrogen-bond donors (Lipinski definition) is 1. The van der Waals surface area contributed by atoms with Gasteiger partial charge in [-0.25, -0.2) is 0 Å². The monoisotopic (exact) mass is 359 g/mol. The quantitative estimate of drug-likeness (QED) is 0.888. The van der Waals surface area contributed by atoms with Gasteiger partial charge in [0.15, 0.2) is 0 Å². The van der Waals surface area contributed by atoms with Gasteiger partial charge in [0.2, 0.25) is 5.91 Å². The molecule has 2 fully saturated rings. The average molecular weight is 359 g/mol. The Balaban J connectivity index is 1.65. The number of ether oxygens (including phenoxy) is 1. The summed E-state index contributed by atoms with van der Waals surface area (Å²) in [5, 5.41) is 2.83. The van der Waals surface area contributed by atoms with Crippen molar-refractivity contribution in [2.75, 3.05) is 26.2 Å². The van der Waals surface area contributed by atoms with E-state index < -0.39 is 0 Å². The maximum atomic E-state index is 12.8. The van der Waals surface area contributed by atoms with Crippen molar-refractivity contribution in [1.82, 2.24) is 15.1 Å². The van der Waals surface area contributed by atoms with Gasteiger partial charge in [0.05, 0.1) is 12.2 Å². The number of carbonyl (C=O) groups is 2. The topological polar surface area (TPSA) is 61.9 Å². The van der Waals surface area contributed by atoms with Crippen molar-refractivity contribution in [1.29, 1.82) is 0 Å². The van der Waals surface area contributed by atoms with Gasteiger partial charge in [0, 0.05) is 38.3 Å². The summed E-state index contributed by atoms with van der Waals surface area (Å²) in [7, 11) is 0. The Morgan fingerprint density at radius 1 is 1.19 bits per heavy atom. The van der Waals surface area contributed by atoms with Gasteiger partial charge in [0.1, 0.15) is 6.04 Å². The molecule has 2 heterocycles. The minimum absolute atomic E-state index is 0.0562. The highest BCUT2D eigenvalue weighted by molar-refractivity contribution is 5.98. The molecule has 2 aliphatic heterocycles. The second-order valence-electron chi connectivity index (χ2n) is 7.36. The van der Waals surface area contributed by atoms with Crippen LogP contribution in [0, 0.1) is 0 Å². The van der Waals surface area contributed by atoms with Crippen LogP contribution >= 0.6 is 0 Å². The normalized spacial score (nSPS) is 27.3. The van der Waals surface area contributed by atoms with E-state index in [1.807, 2.05) is 31.2 Å². The largest absolute Gasteiger partial charge is 0.373 e. The Bertz CT molecular complexity index is 636. The van der Waals surface area contributed by atoms with E-state index in [0.29, 0.717) is 25.1 Å². The molecule has 2 saturated heterocycles. The maximum absolute atomic E-state index is 12.8. The highest BCUT2D eigenvalue weighted by Crippen LogP contribution is 2.17. The van der Waals surface area contributed by atoms with Crippen LogP contribution in [0.4, 0.5) is 0 Å². The molecule has 142 valence electrons. The van der Waals surface area contributed by atoms with Crippen LogP contribution in [0.1, 0.15) is 43.1 Å². The summed E-state index contributed by atoms with van der Waals surface area (Å²) in [6.45, 7) is 9.92. The molecule has 0 saturated carbocycles. The SMILES string of the molecule is CCC1C(=O)NCCN1C(=O)c1ccc(CN2CC(C)OC(C)C2)cc1. The molecule has 2 amide bonds. The van der Waals surface area contributed by atoms with Gasteiger partial charge in [-0.15, -0.1) is 0 Å². The van der Waals surface area contributed by atoms with Crippen molar-refractivity contribution in [2.45, 2.75) is 52.0 Å². The van der Waals surface area contributed by atoms with Gasteiger partial charge in [-0.2, -0.15) is 0 Å². The Morgan fingerprint density at radius 3 is 2.46 bits per heavy atom. The summed E-state index contributed by atoms with van der Waals surface area (Å²) in [5.41, 5.74) is 1.83. The standard InChI is InChI=1S/C20H29N3O3/c1-4-18-19(24)21-9-10-23(18)20(25)17-7-5-16(6-8-17)13-22-11-14(2)26-15(3)12-22/h5-8,14-15,18H,4,9-13H2,1-3H3,(H,21,24). The fourth-order valence-corrected chi connectivity index (χ4v) is 3.95. The number of nitrogens with one attached hydrogen (secondary N) is 1. The van der Waals surface area contributed by atoms with Crippen LogP contribution in [0.25, 0.3) is 0 Å². The Hall–Kier alpha value is -1.92. The number of rotatable bonds is 4. The van der Waals surface area contributed by atoms with Crippen molar-refractivity contribution in [3.05, 3.63) is 35.4 Å². The summed E-state index contributed by atoms with van der Waals surface area (Å²) in [4.78, 5) is 28.9. The molecule has 0 aromatic heterocycles. The Kier molecular flexibility index (Phi) is 5.94. The van der Waals surface area contributed by atoms with Gasteiger partial charge < -0.3 is 15.0 Å². The number of nitrogens with zero attached hydrogens (tertiary/aromatic N) is 2. The number of morpholine rings is 1. The number of piperazine rings is 1. The van der Waals surface area contributed by atoms with Crippen molar-refractivity contribution in [3.63, 3.8) is 0 Å². The van der Waals surface area contributed by atoms with E-state index in [4.69, 9.17) is 4.74 Å². The third kappa shape index (κ3) is 4.24.